The molecule has 1 aromatic rings. The highest BCUT2D eigenvalue weighted by molar-refractivity contribution is 6.31. The zero-order valence-corrected chi connectivity index (χ0v) is 11.4. The number of carbonyl (C=O) groups is 2. The molecule has 0 aromatic carbocycles. The molecule has 0 aliphatic carbocycles. The number of carboxylic acids is 1. The van der Waals surface area contributed by atoms with Crippen LogP contribution in [0.15, 0.2) is 12.3 Å². The van der Waals surface area contributed by atoms with E-state index in [1.807, 2.05) is 6.92 Å². The van der Waals surface area contributed by atoms with Crippen molar-refractivity contribution in [2.24, 2.45) is 0 Å². The van der Waals surface area contributed by atoms with E-state index in [0.29, 0.717) is 30.4 Å². The van der Waals surface area contributed by atoms with Crippen molar-refractivity contribution in [1.82, 2.24) is 14.8 Å². The summed E-state index contributed by atoms with van der Waals surface area (Å²) in [5.41, 5.74) is 0.431. The van der Waals surface area contributed by atoms with Gasteiger partial charge in [0.2, 0.25) is 0 Å². The second kappa shape index (κ2) is 5.63. The molecule has 104 valence electrons. The molecule has 0 spiro atoms. The van der Waals surface area contributed by atoms with Crippen LogP contribution in [0.25, 0.3) is 0 Å². The maximum absolute atomic E-state index is 12.5. The van der Waals surface area contributed by atoms with Crippen LogP contribution in [0.4, 0.5) is 0 Å². The summed E-state index contributed by atoms with van der Waals surface area (Å²) in [4.78, 5) is 25.0. The van der Waals surface area contributed by atoms with Crippen molar-refractivity contribution >= 4 is 23.5 Å². The highest BCUT2D eigenvalue weighted by Crippen LogP contribution is 2.18. The summed E-state index contributed by atoms with van der Waals surface area (Å²) in [7, 11) is 0. The molecule has 1 aliphatic heterocycles. The second-order valence-corrected chi connectivity index (χ2v) is 4.82. The van der Waals surface area contributed by atoms with Gasteiger partial charge in [-0.25, -0.2) is 4.79 Å². The summed E-state index contributed by atoms with van der Waals surface area (Å²) in [6, 6.07) is 0.745. The van der Waals surface area contributed by atoms with Gasteiger partial charge in [-0.2, -0.15) is 0 Å². The molecule has 1 amide bonds. The lowest BCUT2D eigenvalue weighted by molar-refractivity contribution is -0.142. The SMILES string of the molecule is CCn1cc(Cl)cc1C(=O)N1CCNCC1C(=O)O. The summed E-state index contributed by atoms with van der Waals surface area (Å²) in [6.45, 7) is 3.75. The van der Waals surface area contributed by atoms with E-state index < -0.39 is 12.0 Å². The normalized spacial score (nSPS) is 19.5. The van der Waals surface area contributed by atoms with Gasteiger partial charge >= 0.3 is 5.97 Å². The molecule has 6 nitrogen and oxygen atoms in total. The predicted molar refractivity (Wildman–Crippen MR) is 70.4 cm³/mol. The molecular weight excluding hydrogens is 270 g/mol. The van der Waals surface area contributed by atoms with E-state index >= 15 is 0 Å². The van der Waals surface area contributed by atoms with E-state index in [2.05, 4.69) is 5.32 Å². The zero-order chi connectivity index (χ0) is 14.0. The van der Waals surface area contributed by atoms with Crippen LogP contribution in [0.5, 0.6) is 0 Å². The second-order valence-electron chi connectivity index (χ2n) is 4.39. The number of aryl methyl sites for hydroxylation is 1. The Morgan fingerprint density at radius 3 is 2.95 bits per heavy atom. The van der Waals surface area contributed by atoms with Crippen molar-refractivity contribution in [3.63, 3.8) is 0 Å². The molecule has 1 fully saturated rings. The van der Waals surface area contributed by atoms with Crippen LogP contribution in [0.1, 0.15) is 17.4 Å². The lowest BCUT2D eigenvalue weighted by atomic mass is 10.1. The summed E-state index contributed by atoms with van der Waals surface area (Å²) in [5.74, 6) is -1.29. The molecule has 1 aliphatic rings. The van der Waals surface area contributed by atoms with Gasteiger partial charge in [-0.05, 0) is 13.0 Å². The number of carboxylic acid groups (broad SMARTS) is 1. The minimum atomic E-state index is -0.999. The molecule has 1 aromatic heterocycles. The number of hydrogen-bond acceptors (Lipinski definition) is 3. The fourth-order valence-electron chi connectivity index (χ4n) is 2.23. The van der Waals surface area contributed by atoms with Crippen LogP contribution in [0.2, 0.25) is 5.02 Å². The quantitative estimate of drug-likeness (QED) is 0.856. The molecule has 2 rings (SSSR count). The van der Waals surface area contributed by atoms with E-state index in [-0.39, 0.29) is 12.5 Å². The fourth-order valence-corrected chi connectivity index (χ4v) is 2.45. The van der Waals surface area contributed by atoms with Crippen molar-refractivity contribution in [3.05, 3.63) is 23.0 Å². The molecule has 19 heavy (non-hydrogen) atoms. The van der Waals surface area contributed by atoms with Gasteiger partial charge in [0.05, 0.1) is 5.02 Å². The molecule has 0 saturated carbocycles. The van der Waals surface area contributed by atoms with Crippen LogP contribution < -0.4 is 5.32 Å². The standard InChI is InChI=1S/C12H16ClN3O3/c1-2-15-7-8(13)5-9(15)11(17)16-4-3-14-6-10(16)12(18)19/h5,7,10,14H,2-4,6H2,1H3,(H,18,19). The predicted octanol–water partition coefficient (Wildman–Crippen LogP) is 0.660. The Kier molecular flexibility index (Phi) is 4.11. The van der Waals surface area contributed by atoms with E-state index in [1.165, 1.54) is 4.90 Å². The maximum Gasteiger partial charge on any atom is 0.327 e. The highest BCUT2D eigenvalue weighted by Gasteiger charge is 2.33. The number of piperazine rings is 1. The monoisotopic (exact) mass is 285 g/mol. The Bertz CT molecular complexity index is 500. The number of hydrogen-bond donors (Lipinski definition) is 2. The van der Waals surface area contributed by atoms with Gasteiger partial charge < -0.3 is 19.9 Å². The topological polar surface area (TPSA) is 74.6 Å². The molecule has 0 bridgehead atoms. The van der Waals surface area contributed by atoms with Crippen LogP contribution in [0.3, 0.4) is 0 Å². The molecule has 1 unspecified atom stereocenters. The van der Waals surface area contributed by atoms with Gasteiger partial charge in [0, 0.05) is 32.4 Å². The highest BCUT2D eigenvalue weighted by atomic mass is 35.5. The Balaban J connectivity index is 2.28. The molecular formula is C12H16ClN3O3. The van der Waals surface area contributed by atoms with Gasteiger partial charge in [0.15, 0.2) is 0 Å². The molecule has 1 atom stereocenters. The minimum absolute atomic E-state index is 0.266. The smallest absolute Gasteiger partial charge is 0.327 e. The van der Waals surface area contributed by atoms with E-state index in [9.17, 15) is 9.59 Å². The van der Waals surface area contributed by atoms with Gasteiger partial charge in [0.25, 0.3) is 5.91 Å². The molecule has 7 heteroatoms. The molecule has 0 radical (unpaired) electrons. The van der Waals surface area contributed by atoms with Gasteiger partial charge in [0.1, 0.15) is 11.7 Å². The first-order chi connectivity index (χ1) is 9.04. The number of nitrogens with zero attached hydrogens (tertiary/aromatic N) is 2. The van der Waals surface area contributed by atoms with Crippen molar-refractivity contribution < 1.29 is 14.7 Å². The lowest BCUT2D eigenvalue weighted by Gasteiger charge is -2.33. The maximum atomic E-state index is 12.5. The third-order valence-electron chi connectivity index (χ3n) is 3.21. The van der Waals surface area contributed by atoms with Crippen molar-refractivity contribution in [2.45, 2.75) is 19.5 Å². The van der Waals surface area contributed by atoms with Crippen LogP contribution in [-0.4, -0.2) is 52.1 Å². The first-order valence-corrected chi connectivity index (χ1v) is 6.52. The minimum Gasteiger partial charge on any atom is -0.480 e. The Morgan fingerprint density at radius 1 is 1.58 bits per heavy atom. The number of aliphatic carboxylic acids is 1. The van der Waals surface area contributed by atoms with Gasteiger partial charge in [-0.3, -0.25) is 4.79 Å². The van der Waals surface area contributed by atoms with Crippen LogP contribution in [-0.2, 0) is 11.3 Å². The Morgan fingerprint density at radius 2 is 2.32 bits per heavy atom. The largest absolute Gasteiger partial charge is 0.480 e. The molecule has 2 heterocycles. The number of nitrogens with one attached hydrogen (secondary N) is 1. The summed E-state index contributed by atoms with van der Waals surface area (Å²) in [5, 5.41) is 12.6. The third-order valence-corrected chi connectivity index (χ3v) is 3.42. The molecule has 2 N–H and O–H groups in total. The Hall–Kier alpha value is -1.53. The van der Waals surface area contributed by atoms with E-state index in [1.54, 1.807) is 16.8 Å². The van der Waals surface area contributed by atoms with Crippen molar-refractivity contribution in [2.75, 3.05) is 19.6 Å². The van der Waals surface area contributed by atoms with Gasteiger partial charge in [-0.1, -0.05) is 11.6 Å². The molecule has 1 saturated heterocycles. The first-order valence-electron chi connectivity index (χ1n) is 6.14. The van der Waals surface area contributed by atoms with Crippen molar-refractivity contribution in [3.8, 4) is 0 Å². The van der Waals surface area contributed by atoms with Crippen molar-refractivity contribution in [1.29, 1.82) is 0 Å². The summed E-state index contributed by atoms with van der Waals surface area (Å²) >= 11 is 5.91. The average molecular weight is 286 g/mol. The number of carbonyl (C=O) groups excluding carboxylic acids is 1. The summed E-state index contributed by atoms with van der Waals surface area (Å²) in [6.07, 6.45) is 1.67. The fraction of sp³-hybridized carbons (Fsp3) is 0.500. The number of amides is 1. The van der Waals surface area contributed by atoms with Crippen LogP contribution >= 0.6 is 11.6 Å². The summed E-state index contributed by atoms with van der Waals surface area (Å²) < 4.78 is 1.73. The first kappa shape index (κ1) is 13.9. The average Bonchev–Trinajstić information content (AvgIpc) is 2.79. The Labute approximate surface area is 115 Å². The van der Waals surface area contributed by atoms with Gasteiger partial charge in [-0.15, -0.1) is 0 Å². The van der Waals surface area contributed by atoms with E-state index in [4.69, 9.17) is 16.7 Å². The third kappa shape index (κ3) is 2.74. The zero-order valence-electron chi connectivity index (χ0n) is 10.6. The number of rotatable bonds is 3. The number of halogens is 1. The van der Waals surface area contributed by atoms with E-state index in [0.717, 1.165) is 0 Å². The lowest BCUT2D eigenvalue weighted by Crippen LogP contribution is -2.57. The van der Waals surface area contributed by atoms with Crippen LogP contribution in [0, 0.1) is 0 Å². The number of aromatic nitrogens is 1.